The fourth-order valence-electron chi connectivity index (χ4n) is 3.82. The minimum atomic E-state index is -2.37. The zero-order chi connectivity index (χ0) is 22.8. The largest absolute Gasteiger partial charge is 0.480 e. The minimum absolute atomic E-state index is 0.0374. The molecule has 0 bridgehead atoms. The van der Waals surface area contributed by atoms with Gasteiger partial charge >= 0.3 is 5.97 Å². The van der Waals surface area contributed by atoms with Gasteiger partial charge in [-0.1, -0.05) is 12.1 Å². The summed E-state index contributed by atoms with van der Waals surface area (Å²) in [5.41, 5.74) is 9.09. The number of hydrogen-bond acceptors (Lipinski definition) is 6. The molecule has 1 aliphatic rings. The van der Waals surface area contributed by atoms with Crippen LogP contribution in [-0.2, 0) is 26.5 Å². The Balaban J connectivity index is 2.08. The molecule has 3 rings (SSSR count). The highest BCUT2D eigenvalue weighted by molar-refractivity contribution is 6.10. The highest BCUT2D eigenvalue weighted by Gasteiger charge is 2.56. The van der Waals surface area contributed by atoms with Gasteiger partial charge in [-0.15, -0.1) is 0 Å². The van der Waals surface area contributed by atoms with Gasteiger partial charge in [-0.25, -0.2) is 13.8 Å². The van der Waals surface area contributed by atoms with Crippen molar-refractivity contribution in [2.45, 2.75) is 31.0 Å². The maximum Gasteiger partial charge on any atom is 0.320 e. The van der Waals surface area contributed by atoms with Crippen LogP contribution in [0.5, 0.6) is 0 Å². The van der Waals surface area contributed by atoms with Crippen LogP contribution in [0.15, 0.2) is 36.5 Å². The number of carboxylic acids is 1. The average Bonchev–Trinajstić information content (AvgIpc) is 3.21. The van der Waals surface area contributed by atoms with Crippen LogP contribution in [0, 0.1) is 11.6 Å². The van der Waals surface area contributed by atoms with E-state index < -0.39 is 41.0 Å². The third-order valence-corrected chi connectivity index (χ3v) is 5.29. The molecule has 2 heterocycles. The van der Waals surface area contributed by atoms with E-state index in [1.807, 2.05) is 0 Å². The zero-order valence-electron chi connectivity index (χ0n) is 16.3. The van der Waals surface area contributed by atoms with Gasteiger partial charge in [0.25, 0.3) is 11.8 Å². The number of benzene rings is 1. The van der Waals surface area contributed by atoms with Crippen molar-refractivity contribution in [1.29, 1.82) is 0 Å². The molecule has 6 N–H and O–H groups in total. The van der Waals surface area contributed by atoms with E-state index in [1.54, 1.807) is 6.07 Å². The van der Waals surface area contributed by atoms with Crippen molar-refractivity contribution in [1.82, 2.24) is 15.2 Å². The quantitative estimate of drug-likeness (QED) is 0.464. The molecule has 1 aromatic carbocycles. The number of nitrogens with one attached hydrogen (secondary N) is 1. The Bertz CT molecular complexity index is 1020. The fourth-order valence-corrected chi connectivity index (χ4v) is 3.82. The number of halogens is 2. The van der Waals surface area contributed by atoms with Gasteiger partial charge in [-0.3, -0.25) is 19.3 Å². The summed E-state index contributed by atoms with van der Waals surface area (Å²) in [6, 6.07) is 4.38. The maximum atomic E-state index is 14.1. The predicted molar refractivity (Wildman–Crippen MR) is 105 cm³/mol. The Morgan fingerprint density at radius 3 is 2.55 bits per heavy atom. The van der Waals surface area contributed by atoms with E-state index in [-0.39, 0.29) is 30.9 Å². The number of primary amides is 1. The van der Waals surface area contributed by atoms with Crippen molar-refractivity contribution < 1.29 is 28.3 Å². The molecule has 1 fully saturated rings. The number of aliphatic carboxylic acids is 1. The maximum absolute atomic E-state index is 14.1. The van der Waals surface area contributed by atoms with Gasteiger partial charge in [0.1, 0.15) is 11.9 Å². The number of aromatic nitrogens is 1. The van der Waals surface area contributed by atoms with Crippen molar-refractivity contribution in [3.8, 4) is 0 Å². The molecule has 11 heteroatoms. The lowest BCUT2D eigenvalue weighted by atomic mass is 9.84. The van der Waals surface area contributed by atoms with E-state index >= 15 is 0 Å². The normalized spacial score (nSPS) is 18.3. The third kappa shape index (κ3) is 4.04. The first-order chi connectivity index (χ1) is 14.7. The van der Waals surface area contributed by atoms with E-state index in [9.17, 15) is 28.3 Å². The predicted octanol–water partition coefficient (Wildman–Crippen LogP) is 0.488. The number of rotatable bonds is 7. The van der Waals surface area contributed by atoms with E-state index in [0.717, 1.165) is 17.0 Å². The molecule has 1 aliphatic heterocycles. The second-order valence-corrected chi connectivity index (χ2v) is 7.17. The van der Waals surface area contributed by atoms with Crippen LogP contribution < -0.4 is 16.8 Å². The number of nitrogens with two attached hydrogens (primary N) is 2. The first kappa shape index (κ1) is 22.1. The molecular weight excluding hydrogens is 412 g/mol. The molecule has 0 unspecified atom stereocenters. The van der Waals surface area contributed by atoms with E-state index in [4.69, 9.17) is 11.5 Å². The second kappa shape index (κ2) is 8.64. The van der Waals surface area contributed by atoms with Crippen LogP contribution in [-0.4, -0.2) is 45.4 Å². The van der Waals surface area contributed by atoms with Crippen LogP contribution in [0.25, 0.3) is 0 Å². The Labute approximate surface area is 176 Å². The molecule has 164 valence electrons. The molecule has 0 spiro atoms. The number of nitrogens with zero attached hydrogens (tertiary/aromatic N) is 2. The number of likely N-dealkylation sites (tertiary alicyclic amines) is 1. The van der Waals surface area contributed by atoms with Crippen molar-refractivity contribution in [3.05, 3.63) is 59.3 Å². The number of pyridine rings is 1. The summed E-state index contributed by atoms with van der Waals surface area (Å²) in [6.07, 6.45) is 1.93. The molecule has 0 radical (unpaired) electrons. The second-order valence-electron chi connectivity index (χ2n) is 7.17. The SMILES string of the molecule is NC(=O)[C@](C(=O)NCc1ccc(N)nc1)(c1ccc(F)c(F)c1)N1CCC[C@@H]1C(=O)O. The fraction of sp³-hybridized carbons (Fsp3) is 0.300. The summed E-state index contributed by atoms with van der Waals surface area (Å²) in [4.78, 5) is 43.0. The van der Waals surface area contributed by atoms with E-state index in [2.05, 4.69) is 10.3 Å². The zero-order valence-corrected chi connectivity index (χ0v) is 16.3. The summed E-state index contributed by atoms with van der Waals surface area (Å²) < 4.78 is 27.6. The number of amides is 2. The summed E-state index contributed by atoms with van der Waals surface area (Å²) in [5, 5.41) is 12.1. The topological polar surface area (TPSA) is 152 Å². The van der Waals surface area contributed by atoms with Gasteiger partial charge in [0.15, 0.2) is 11.6 Å². The molecule has 2 amide bonds. The average molecular weight is 433 g/mol. The van der Waals surface area contributed by atoms with Crippen molar-refractivity contribution in [2.24, 2.45) is 5.73 Å². The van der Waals surface area contributed by atoms with Gasteiger partial charge in [0.2, 0.25) is 5.54 Å². The van der Waals surface area contributed by atoms with Crippen molar-refractivity contribution in [3.63, 3.8) is 0 Å². The Morgan fingerprint density at radius 1 is 1.23 bits per heavy atom. The standard InChI is InChI=1S/C20H21F2N5O4/c21-13-5-4-12(8-14(13)22)20(18(24)30,27-7-1-2-15(27)17(28)29)19(31)26-10-11-3-6-16(23)25-9-11/h3-6,8-9,15H,1-2,7,10H2,(H2,23,25)(H2,24,30)(H,26,31)(H,28,29)/t15-,20+/m1/s1. The van der Waals surface area contributed by atoms with Crippen LogP contribution in [0.3, 0.4) is 0 Å². The Kier molecular flexibility index (Phi) is 6.16. The van der Waals surface area contributed by atoms with Crippen molar-refractivity contribution in [2.75, 3.05) is 12.3 Å². The first-order valence-corrected chi connectivity index (χ1v) is 9.41. The van der Waals surface area contributed by atoms with Gasteiger partial charge in [-0.2, -0.15) is 0 Å². The number of anilines is 1. The Morgan fingerprint density at radius 2 is 1.97 bits per heavy atom. The van der Waals surface area contributed by atoms with Gasteiger partial charge in [-0.05, 0) is 42.2 Å². The molecule has 0 aliphatic carbocycles. The Hall–Kier alpha value is -3.60. The molecular formula is C20H21F2N5O4. The van der Waals surface area contributed by atoms with Crippen LogP contribution in [0.1, 0.15) is 24.0 Å². The summed E-state index contributed by atoms with van der Waals surface area (Å²) in [5.74, 6) is -5.65. The lowest BCUT2D eigenvalue weighted by Crippen LogP contribution is -2.65. The first-order valence-electron chi connectivity index (χ1n) is 9.41. The summed E-state index contributed by atoms with van der Waals surface area (Å²) in [6.45, 7) is -0.0495. The smallest absolute Gasteiger partial charge is 0.320 e. The van der Waals surface area contributed by atoms with Crippen LogP contribution in [0.4, 0.5) is 14.6 Å². The third-order valence-electron chi connectivity index (χ3n) is 5.29. The lowest BCUT2D eigenvalue weighted by molar-refractivity contribution is -0.153. The number of carbonyl (C=O) groups is 3. The van der Waals surface area contributed by atoms with Gasteiger partial charge in [0, 0.05) is 19.3 Å². The molecule has 1 saturated heterocycles. The lowest BCUT2D eigenvalue weighted by Gasteiger charge is -2.40. The van der Waals surface area contributed by atoms with Crippen LogP contribution in [0.2, 0.25) is 0 Å². The molecule has 9 nitrogen and oxygen atoms in total. The molecule has 0 saturated carbocycles. The molecule has 1 aromatic heterocycles. The van der Waals surface area contributed by atoms with E-state index in [1.165, 1.54) is 12.3 Å². The van der Waals surface area contributed by atoms with Gasteiger partial charge < -0.3 is 21.9 Å². The molecule has 2 atom stereocenters. The number of hydrogen-bond donors (Lipinski definition) is 4. The molecule has 31 heavy (non-hydrogen) atoms. The van der Waals surface area contributed by atoms with Gasteiger partial charge in [0.05, 0.1) is 0 Å². The summed E-state index contributed by atoms with van der Waals surface area (Å²) in [7, 11) is 0. The van der Waals surface area contributed by atoms with Crippen molar-refractivity contribution >= 4 is 23.6 Å². The van der Waals surface area contributed by atoms with E-state index in [0.29, 0.717) is 18.1 Å². The monoisotopic (exact) mass is 433 g/mol. The molecule has 2 aromatic rings. The number of nitrogen functional groups attached to an aromatic ring is 1. The number of carboxylic acid groups (broad SMARTS) is 1. The minimum Gasteiger partial charge on any atom is -0.480 e. The highest BCUT2D eigenvalue weighted by Crippen LogP contribution is 2.36. The number of carbonyl (C=O) groups excluding carboxylic acids is 2. The summed E-state index contributed by atoms with van der Waals surface area (Å²) >= 11 is 0. The highest BCUT2D eigenvalue weighted by atomic mass is 19.2. The van der Waals surface area contributed by atoms with Crippen LogP contribution >= 0.6 is 0 Å².